The van der Waals surface area contributed by atoms with Crippen molar-refractivity contribution in [3.8, 4) is 0 Å². The van der Waals surface area contributed by atoms with Crippen LogP contribution in [0, 0.1) is 5.92 Å². The molecule has 168 valence electrons. The van der Waals surface area contributed by atoms with Gasteiger partial charge < -0.3 is 13.9 Å². The van der Waals surface area contributed by atoms with Gasteiger partial charge in [-0.05, 0) is 56.4 Å². The predicted molar refractivity (Wildman–Crippen MR) is 110 cm³/mol. The Morgan fingerprint density at radius 1 is 1.19 bits per heavy atom. The van der Waals surface area contributed by atoms with Crippen molar-refractivity contribution in [3.63, 3.8) is 0 Å². The van der Waals surface area contributed by atoms with Crippen LogP contribution in [0.4, 0.5) is 0 Å². The highest BCUT2D eigenvalue weighted by Crippen LogP contribution is 2.26. The van der Waals surface area contributed by atoms with Crippen molar-refractivity contribution in [1.82, 2.24) is 9.29 Å². The molecule has 0 aromatic carbocycles. The summed E-state index contributed by atoms with van der Waals surface area (Å²) in [5.41, 5.74) is 1.08. The second-order valence-corrected chi connectivity index (χ2v) is 9.02. The lowest BCUT2D eigenvalue weighted by Gasteiger charge is -2.29. The molecule has 0 N–H and O–H groups in total. The molecule has 0 spiro atoms. The lowest BCUT2D eigenvalue weighted by molar-refractivity contribution is -0.149. The molecule has 0 aliphatic carbocycles. The maximum Gasteiger partial charge on any atom is 0.374 e. The minimum atomic E-state index is -3.89. The van der Waals surface area contributed by atoms with Crippen molar-refractivity contribution in [2.45, 2.75) is 37.7 Å². The van der Waals surface area contributed by atoms with E-state index in [1.807, 2.05) is 12.1 Å². The molecule has 2 aromatic heterocycles. The number of sulfonamides is 1. The molecule has 0 amide bonds. The van der Waals surface area contributed by atoms with E-state index in [1.54, 1.807) is 19.3 Å². The standard InChI is InChI=1S/C21H26N2O7S/c1-2-28-21(25)18-7-8-19(30-18)31(26,27)23-12-9-17(10-13-23)20(24)29-14-4-6-16-5-3-11-22-15-16/h3,5,7-8,11,15,17H,2,4,6,9-10,12-14H2,1H3. The van der Waals surface area contributed by atoms with E-state index in [4.69, 9.17) is 13.9 Å². The number of esters is 2. The van der Waals surface area contributed by atoms with Gasteiger partial charge in [-0.1, -0.05) is 6.07 Å². The largest absolute Gasteiger partial charge is 0.465 e. The minimum Gasteiger partial charge on any atom is -0.465 e. The summed E-state index contributed by atoms with van der Waals surface area (Å²) in [6.07, 6.45) is 5.70. The normalized spacial score (nSPS) is 15.5. The molecule has 3 rings (SSSR count). The minimum absolute atomic E-state index is 0.161. The van der Waals surface area contributed by atoms with Crippen molar-refractivity contribution < 1.29 is 31.9 Å². The van der Waals surface area contributed by atoms with Crippen LogP contribution in [-0.2, 0) is 30.7 Å². The van der Waals surface area contributed by atoms with Crippen LogP contribution in [0.25, 0.3) is 0 Å². The number of pyridine rings is 1. The summed E-state index contributed by atoms with van der Waals surface area (Å²) in [7, 11) is -3.89. The molecule has 31 heavy (non-hydrogen) atoms. The number of carbonyl (C=O) groups excluding carboxylic acids is 2. The number of hydrogen-bond donors (Lipinski definition) is 0. The third-order valence-electron chi connectivity index (χ3n) is 5.02. The number of rotatable bonds is 9. The van der Waals surface area contributed by atoms with Crippen molar-refractivity contribution in [1.29, 1.82) is 0 Å². The lowest BCUT2D eigenvalue weighted by Crippen LogP contribution is -2.40. The fourth-order valence-corrected chi connectivity index (χ4v) is 4.72. The summed E-state index contributed by atoms with van der Waals surface area (Å²) in [4.78, 5) is 28.0. The number of piperidine rings is 1. The van der Waals surface area contributed by atoms with E-state index in [2.05, 4.69) is 4.98 Å². The molecule has 9 nitrogen and oxygen atoms in total. The van der Waals surface area contributed by atoms with E-state index in [0.29, 0.717) is 25.9 Å². The monoisotopic (exact) mass is 450 g/mol. The van der Waals surface area contributed by atoms with Gasteiger partial charge in [-0.15, -0.1) is 0 Å². The summed E-state index contributed by atoms with van der Waals surface area (Å²) in [5, 5.41) is -0.313. The summed E-state index contributed by atoms with van der Waals surface area (Å²) in [6, 6.07) is 6.36. The first-order valence-corrected chi connectivity index (χ1v) is 11.7. The van der Waals surface area contributed by atoms with Crippen LogP contribution < -0.4 is 0 Å². The van der Waals surface area contributed by atoms with Crippen LogP contribution in [0.5, 0.6) is 0 Å². The molecule has 1 aliphatic heterocycles. The summed E-state index contributed by atoms with van der Waals surface area (Å²) >= 11 is 0. The van der Waals surface area contributed by atoms with Crippen LogP contribution >= 0.6 is 0 Å². The topological polar surface area (TPSA) is 116 Å². The average molecular weight is 451 g/mol. The van der Waals surface area contributed by atoms with E-state index >= 15 is 0 Å². The predicted octanol–water partition coefficient (Wildman–Crippen LogP) is 2.43. The van der Waals surface area contributed by atoms with E-state index in [0.717, 1.165) is 12.0 Å². The SMILES string of the molecule is CCOC(=O)c1ccc(S(=O)(=O)N2CCC(C(=O)OCCCc3cccnc3)CC2)o1. The molecule has 3 heterocycles. The molecule has 1 saturated heterocycles. The molecule has 0 saturated carbocycles. The molecule has 0 unspecified atom stereocenters. The summed E-state index contributed by atoms with van der Waals surface area (Å²) in [5.74, 6) is -1.51. The maximum absolute atomic E-state index is 12.8. The highest BCUT2D eigenvalue weighted by atomic mass is 32.2. The van der Waals surface area contributed by atoms with Gasteiger partial charge in [0.2, 0.25) is 10.9 Å². The quantitative estimate of drug-likeness (QED) is 0.422. The smallest absolute Gasteiger partial charge is 0.374 e. The van der Waals surface area contributed by atoms with Gasteiger partial charge in [0, 0.05) is 25.5 Å². The van der Waals surface area contributed by atoms with Crippen LogP contribution in [0.3, 0.4) is 0 Å². The Morgan fingerprint density at radius 3 is 2.65 bits per heavy atom. The second-order valence-electron chi connectivity index (χ2n) is 7.15. The zero-order valence-corrected chi connectivity index (χ0v) is 18.2. The molecule has 0 radical (unpaired) electrons. The van der Waals surface area contributed by atoms with E-state index < -0.39 is 16.0 Å². The number of nitrogens with zero attached hydrogens (tertiary/aromatic N) is 2. The van der Waals surface area contributed by atoms with Crippen molar-refractivity contribution in [3.05, 3.63) is 48.0 Å². The molecule has 1 fully saturated rings. The third kappa shape index (κ3) is 5.92. The van der Waals surface area contributed by atoms with Gasteiger partial charge >= 0.3 is 11.9 Å². The molecule has 0 atom stereocenters. The van der Waals surface area contributed by atoms with Crippen LogP contribution in [0.2, 0.25) is 0 Å². The molecular weight excluding hydrogens is 424 g/mol. The van der Waals surface area contributed by atoms with Gasteiger partial charge in [0.15, 0.2) is 0 Å². The Bertz CT molecular complexity index is 980. The van der Waals surface area contributed by atoms with E-state index in [-0.39, 0.29) is 42.4 Å². The first-order chi connectivity index (χ1) is 14.9. The first kappa shape index (κ1) is 23.0. The average Bonchev–Trinajstić information content (AvgIpc) is 3.29. The fraction of sp³-hybridized carbons (Fsp3) is 0.476. The van der Waals surface area contributed by atoms with Gasteiger partial charge in [0.05, 0.1) is 19.1 Å². The van der Waals surface area contributed by atoms with Crippen molar-refractivity contribution in [2.75, 3.05) is 26.3 Å². The summed E-state index contributed by atoms with van der Waals surface area (Å²) in [6.45, 7) is 2.47. The van der Waals surface area contributed by atoms with Gasteiger partial charge in [-0.3, -0.25) is 9.78 Å². The van der Waals surface area contributed by atoms with Crippen molar-refractivity contribution >= 4 is 22.0 Å². The molecule has 10 heteroatoms. The Kier molecular flexibility index (Phi) is 7.80. The zero-order chi connectivity index (χ0) is 22.3. The van der Waals surface area contributed by atoms with Gasteiger partial charge in [-0.25, -0.2) is 13.2 Å². The number of aromatic nitrogens is 1. The zero-order valence-electron chi connectivity index (χ0n) is 17.4. The molecule has 1 aliphatic rings. The van der Waals surface area contributed by atoms with E-state index in [9.17, 15) is 18.0 Å². The number of furan rings is 1. The number of hydrogen-bond acceptors (Lipinski definition) is 8. The Balaban J connectivity index is 1.46. The second kappa shape index (κ2) is 10.5. The van der Waals surface area contributed by atoms with Crippen LogP contribution in [0.1, 0.15) is 42.3 Å². The van der Waals surface area contributed by atoms with Gasteiger partial charge in [-0.2, -0.15) is 4.31 Å². The van der Waals surface area contributed by atoms with Crippen LogP contribution in [0.15, 0.2) is 46.2 Å². The first-order valence-electron chi connectivity index (χ1n) is 10.2. The number of carbonyl (C=O) groups is 2. The molecule has 2 aromatic rings. The fourth-order valence-electron chi connectivity index (χ4n) is 3.34. The Labute approximate surface area is 181 Å². The van der Waals surface area contributed by atoms with Gasteiger partial charge in [0.1, 0.15) is 0 Å². The maximum atomic E-state index is 12.8. The number of ether oxygens (including phenoxy) is 2. The number of aryl methyl sites for hydroxylation is 1. The third-order valence-corrected chi connectivity index (χ3v) is 6.79. The van der Waals surface area contributed by atoms with Crippen LogP contribution in [-0.4, -0.2) is 55.9 Å². The molecule has 0 bridgehead atoms. The van der Waals surface area contributed by atoms with E-state index in [1.165, 1.54) is 16.4 Å². The highest BCUT2D eigenvalue weighted by molar-refractivity contribution is 7.89. The van der Waals surface area contributed by atoms with Crippen molar-refractivity contribution in [2.24, 2.45) is 5.92 Å². The molecular formula is C21H26N2O7S. The summed E-state index contributed by atoms with van der Waals surface area (Å²) < 4.78 is 42.1. The lowest BCUT2D eigenvalue weighted by atomic mass is 9.98. The Hall–Kier alpha value is -2.72. The van der Waals surface area contributed by atoms with Gasteiger partial charge in [0.25, 0.3) is 10.0 Å². The Morgan fingerprint density at radius 2 is 1.97 bits per heavy atom. The highest BCUT2D eigenvalue weighted by Gasteiger charge is 2.34.